The van der Waals surface area contributed by atoms with Gasteiger partial charge in [-0.05, 0) is 18.1 Å². The van der Waals surface area contributed by atoms with Crippen molar-refractivity contribution in [2.45, 2.75) is 20.0 Å². The van der Waals surface area contributed by atoms with Crippen LogP contribution < -0.4 is 10.6 Å². The topological polar surface area (TPSA) is 55.0 Å². The molecule has 0 amide bonds. The molecule has 0 atom stereocenters. The van der Waals surface area contributed by atoms with E-state index in [-0.39, 0.29) is 0 Å². The molecule has 1 aromatic carbocycles. The summed E-state index contributed by atoms with van der Waals surface area (Å²) in [7, 11) is 2.02. The lowest BCUT2D eigenvalue weighted by Gasteiger charge is -2.15. The number of nitrogens with two attached hydrogens (primary N) is 1. The average Bonchev–Trinajstić information content (AvgIpc) is 2.77. The third-order valence-corrected chi connectivity index (χ3v) is 3.47. The Hall–Kier alpha value is -1.46. The van der Waals surface area contributed by atoms with Crippen LogP contribution in [0.1, 0.15) is 16.1 Å². The van der Waals surface area contributed by atoms with Crippen molar-refractivity contribution in [3.8, 4) is 0 Å². The molecule has 2 aromatic rings. The fourth-order valence-electron chi connectivity index (χ4n) is 1.56. The van der Waals surface area contributed by atoms with Gasteiger partial charge < -0.3 is 10.6 Å². The van der Waals surface area contributed by atoms with Gasteiger partial charge in [0.2, 0.25) is 5.13 Å². The van der Waals surface area contributed by atoms with Crippen LogP contribution in [0.15, 0.2) is 24.3 Å². The molecule has 0 spiro atoms. The second kappa shape index (κ2) is 5.25. The number of rotatable bonds is 4. The predicted molar refractivity (Wildman–Crippen MR) is 71.1 cm³/mol. The van der Waals surface area contributed by atoms with Crippen molar-refractivity contribution >= 4 is 16.5 Å². The summed E-state index contributed by atoms with van der Waals surface area (Å²) >= 11 is 1.61. The predicted octanol–water partition coefficient (Wildman–Crippen LogP) is 1.94. The van der Waals surface area contributed by atoms with Crippen molar-refractivity contribution in [3.05, 3.63) is 40.4 Å². The first kappa shape index (κ1) is 12.0. The lowest BCUT2D eigenvalue weighted by atomic mass is 10.1. The molecule has 0 saturated heterocycles. The fraction of sp³-hybridized carbons (Fsp3) is 0.333. The highest BCUT2D eigenvalue weighted by atomic mass is 32.1. The number of hydrogen-bond donors (Lipinski definition) is 1. The Balaban J connectivity index is 2.04. The van der Waals surface area contributed by atoms with E-state index in [0.29, 0.717) is 6.54 Å². The first-order valence-corrected chi connectivity index (χ1v) is 6.30. The van der Waals surface area contributed by atoms with Crippen molar-refractivity contribution in [3.63, 3.8) is 0 Å². The molecule has 0 aliphatic carbocycles. The summed E-state index contributed by atoms with van der Waals surface area (Å²) in [6, 6.07) is 8.34. The molecular formula is C12H16N4S. The molecule has 2 rings (SSSR count). The molecule has 0 saturated carbocycles. The lowest BCUT2D eigenvalue weighted by Crippen LogP contribution is -2.16. The molecule has 0 fully saturated rings. The van der Waals surface area contributed by atoms with Crippen molar-refractivity contribution in [2.24, 2.45) is 5.73 Å². The van der Waals surface area contributed by atoms with Gasteiger partial charge in [-0.2, -0.15) is 0 Å². The number of anilines is 1. The Morgan fingerprint density at radius 3 is 2.35 bits per heavy atom. The van der Waals surface area contributed by atoms with E-state index in [9.17, 15) is 0 Å². The molecule has 17 heavy (non-hydrogen) atoms. The van der Waals surface area contributed by atoms with Crippen LogP contribution in [0.4, 0.5) is 5.13 Å². The molecule has 0 radical (unpaired) electrons. The Morgan fingerprint density at radius 2 is 1.82 bits per heavy atom. The molecule has 2 N–H and O–H groups in total. The van der Waals surface area contributed by atoms with E-state index in [4.69, 9.17) is 5.73 Å². The minimum absolute atomic E-state index is 0.589. The van der Waals surface area contributed by atoms with Gasteiger partial charge in [0.05, 0.1) is 0 Å². The van der Waals surface area contributed by atoms with Crippen LogP contribution in [0.2, 0.25) is 0 Å². The van der Waals surface area contributed by atoms with E-state index < -0.39 is 0 Å². The molecule has 1 heterocycles. The van der Waals surface area contributed by atoms with Gasteiger partial charge in [-0.15, -0.1) is 10.2 Å². The second-order valence-corrected chi connectivity index (χ2v) is 5.14. The van der Waals surface area contributed by atoms with E-state index in [2.05, 4.69) is 39.4 Å². The van der Waals surface area contributed by atoms with Crippen molar-refractivity contribution < 1.29 is 0 Å². The average molecular weight is 248 g/mol. The van der Waals surface area contributed by atoms with Crippen molar-refractivity contribution in [1.82, 2.24) is 10.2 Å². The number of hydrogen-bond acceptors (Lipinski definition) is 5. The van der Waals surface area contributed by atoms with Gasteiger partial charge in [0, 0.05) is 20.1 Å². The third-order valence-electron chi connectivity index (χ3n) is 2.52. The molecule has 5 heteroatoms. The molecule has 4 nitrogen and oxygen atoms in total. The van der Waals surface area contributed by atoms with E-state index in [1.165, 1.54) is 5.56 Å². The first-order chi connectivity index (χ1) is 8.19. The highest BCUT2D eigenvalue weighted by Crippen LogP contribution is 2.19. The van der Waals surface area contributed by atoms with Gasteiger partial charge in [0.25, 0.3) is 0 Å². The van der Waals surface area contributed by atoms with Crippen molar-refractivity contribution in [1.29, 1.82) is 0 Å². The summed E-state index contributed by atoms with van der Waals surface area (Å²) in [6.45, 7) is 3.39. The fourth-order valence-corrected chi connectivity index (χ4v) is 2.21. The van der Waals surface area contributed by atoms with Crippen LogP contribution in [-0.2, 0) is 13.1 Å². The Bertz CT molecular complexity index is 478. The van der Waals surface area contributed by atoms with Crippen LogP contribution >= 0.6 is 11.3 Å². The normalized spacial score (nSPS) is 10.5. The van der Waals surface area contributed by atoms with E-state index in [0.717, 1.165) is 22.2 Å². The summed E-state index contributed by atoms with van der Waals surface area (Å²) in [6.07, 6.45) is 0. The van der Waals surface area contributed by atoms with Gasteiger partial charge in [-0.1, -0.05) is 35.6 Å². The lowest BCUT2D eigenvalue weighted by molar-refractivity contribution is 0.889. The van der Waals surface area contributed by atoms with Gasteiger partial charge in [-0.25, -0.2) is 0 Å². The summed E-state index contributed by atoms with van der Waals surface area (Å²) in [5.41, 5.74) is 7.97. The van der Waals surface area contributed by atoms with Gasteiger partial charge >= 0.3 is 0 Å². The second-order valence-electron chi connectivity index (χ2n) is 3.98. The highest BCUT2D eigenvalue weighted by molar-refractivity contribution is 7.15. The molecule has 0 aliphatic rings. The maximum atomic E-state index is 5.57. The maximum absolute atomic E-state index is 5.57. The zero-order valence-corrected chi connectivity index (χ0v) is 10.9. The van der Waals surface area contributed by atoms with Crippen LogP contribution in [0.25, 0.3) is 0 Å². The molecule has 0 unspecified atom stereocenters. The van der Waals surface area contributed by atoms with Crippen LogP contribution in [-0.4, -0.2) is 17.2 Å². The Labute approximate surface area is 105 Å². The molecule has 90 valence electrons. The number of aryl methyl sites for hydroxylation is 1. The summed E-state index contributed by atoms with van der Waals surface area (Å²) in [5, 5.41) is 10.1. The van der Waals surface area contributed by atoms with Gasteiger partial charge in [0.15, 0.2) is 0 Å². The number of nitrogens with zero attached hydrogens (tertiary/aromatic N) is 3. The molecule has 0 bridgehead atoms. The van der Waals surface area contributed by atoms with E-state index >= 15 is 0 Å². The van der Waals surface area contributed by atoms with E-state index in [1.807, 2.05) is 14.0 Å². The largest absolute Gasteiger partial charge is 0.345 e. The Morgan fingerprint density at radius 1 is 1.18 bits per heavy atom. The monoisotopic (exact) mass is 248 g/mol. The highest BCUT2D eigenvalue weighted by Gasteiger charge is 2.06. The minimum Gasteiger partial charge on any atom is -0.345 e. The summed E-state index contributed by atoms with van der Waals surface area (Å²) < 4.78 is 0. The standard InChI is InChI=1S/C12H16N4S/c1-9-14-15-12(17-9)16(2)8-11-5-3-10(7-13)4-6-11/h3-6H,7-8,13H2,1-2H3. The summed E-state index contributed by atoms with van der Waals surface area (Å²) in [4.78, 5) is 2.10. The van der Waals surface area contributed by atoms with Crippen LogP contribution in [0.5, 0.6) is 0 Å². The molecule has 0 aliphatic heterocycles. The third kappa shape index (κ3) is 3.01. The molecule has 1 aromatic heterocycles. The van der Waals surface area contributed by atoms with Gasteiger partial charge in [-0.3, -0.25) is 0 Å². The van der Waals surface area contributed by atoms with Gasteiger partial charge in [0.1, 0.15) is 5.01 Å². The maximum Gasteiger partial charge on any atom is 0.208 e. The number of aromatic nitrogens is 2. The molecular weight excluding hydrogens is 232 g/mol. The summed E-state index contributed by atoms with van der Waals surface area (Å²) in [5.74, 6) is 0. The first-order valence-electron chi connectivity index (χ1n) is 5.48. The zero-order chi connectivity index (χ0) is 12.3. The van der Waals surface area contributed by atoms with Crippen LogP contribution in [0, 0.1) is 6.92 Å². The zero-order valence-electron chi connectivity index (χ0n) is 10.1. The number of benzene rings is 1. The quantitative estimate of drug-likeness (QED) is 0.898. The van der Waals surface area contributed by atoms with E-state index in [1.54, 1.807) is 11.3 Å². The van der Waals surface area contributed by atoms with Crippen LogP contribution in [0.3, 0.4) is 0 Å². The Kier molecular flexibility index (Phi) is 3.71. The SMILES string of the molecule is Cc1nnc(N(C)Cc2ccc(CN)cc2)s1. The minimum atomic E-state index is 0.589. The van der Waals surface area contributed by atoms with Crippen molar-refractivity contribution in [2.75, 3.05) is 11.9 Å². The smallest absolute Gasteiger partial charge is 0.208 e.